The molecule has 0 fully saturated rings. The topological polar surface area (TPSA) is 92.5 Å². The minimum Gasteiger partial charge on any atom is -0.506 e. The predicted octanol–water partition coefficient (Wildman–Crippen LogP) is 3.17. The van der Waals surface area contributed by atoms with Gasteiger partial charge in [0.15, 0.2) is 0 Å². The molecule has 6 nitrogen and oxygen atoms in total. The van der Waals surface area contributed by atoms with E-state index in [2.05, 4.69) is 5.32 Å². The third-order valence-electron chi connectivity index (χ3n) is 3.21. The van der Waals surface area contributed by atoms with Crippen LogP contribution in [0, 0.1) is 24.0 Å². The van der Waals surface area contributed by atoms with Crippen LogP contribution in [0.2, 0.25) is 0 Å². The fourth-order valence-electron chi connectivity index (χ4n) is 1.82. The Labute approximate surface area is 121 Å². The SMILES string of the molecule is Cc1ccc(C(=O)Nc2ccc([N+](=O)[O-])cc2O)cc1C. The largest absolute Gasteiger partial charge is 0.506 e. The summed E-state index contributed by atoms with van der Waals surface area (Å²) >= 11 is 0. The molecule has 0 aliphatic rings. The van der Waals surface area contributed by atoms with Crippen LogP contribution in [0.1, 0.15) is 21.5 Å². The van der Waals surface area contributed by atoms with Crippen LogP contribution in [-0.4, -0.2) is 15.9 Å². The van der Waals surface area contributed by atoms with Crippen molar-refractivity contribution in [2.75, 3.05) is 5.32 Å². The Bertz CT molecular complexity index is 726. The first-order valence-corrected chi connectivity index (χ1v) is 6.24. The number of hydrogen-bond donors (Lipinski definition) is 2. The Morgan fingerprint density at radius 3 is 2.43 bits per heavy atom. The average molecular weight is 286 g/mol. The minimum absolute atomic E-state index is 0.129. The second-order valence-corrected chi connectivity index (χ2v) is 4.71. The van der Waals surface area contributed by atoms with Crippen molar-refractivity contribution in [3.05, 3.63) is 63.2 Å². The fraction of sp³-hybridized carbons (Fsp3) is 0.133. The van der Waals surface area contributed by atoms with Gasteiger partial charge in [-0.1, -0.05) is 6.07 Å². The number of phenols is 1. The molecule has 0 saturated carbocycles. The van der Waals surface area contributed by atoms with Gasteiger partial charge in [0.25, 0.3) is 11.6 Å². The monoisotopic (exact) mass is 286 g/mol. The lowest BCUT2D eigenvalue weighted by Crippen LogP contribution is -2.12. The molecule has 1 amide bonds. The smallest absolute Gasteiger partial charge is 0.273 e. The van der Waals surface area contributed by atoms with Gasteiger partial charge in [0.05, 0.1) is 16.7 Å². The number of rotatable bonds is 3. The van der Waals surface area contributed by atoms with E-state index in [-0.39, 0.29) is 23.0 Å². The summed E-state index contributed by atoms with van der Waals surface area (Å²) < 4.78 is 0. The lowest BCUT2D eigenvalue weighted by atomic mass is 10.1. The summed E-state index contributed by atoms with van der Waals surface area (Å²) in [5.41, 5.74) is 2.40. The van der Waals surface area contributed by atoms with Crippen LogP contribution in [0.5, 0.6) is 5.75 Å². The molecule has 2 aromatic carbocycles. The van der Waals surface area contributed by atoms with Crippen LogP contribution in [0.25, 0.3) is 0 Å². The van der Waals surface area contributed by atoms with Crippen molar-refractivity contribution in [1.29, 1.82) is 0 Å². The van der Waals surface area contributed by atoms with Crippen LogP contribution in [0.4, 0.5) is 11.4 Å². The standard InChI is InChI=1S/C15H14N2O4/c1-9-3-4-11(7-10(9)2)15(19)16-13-6-5-12(17(20)21)8-14(13)18/h3-8,18H,1-2H3,(H,16,19). The van der Waals surface area contributed by atoms with Gasteiger partial charge in [0.1, 0.15) is 5.75 Å². The molecule has 0 bridgehead atoms. The summed E-state index contributed by atoms with van der Waals surface area (Å²) in [5.74, 6) is -0.733. The van der Waals surface area contributed by atoms with Gasteiger partial charge < -0.3 is 10.4 Å². The molecule has 0 atom stereocenters. The lowest BCUT2D eigenvalue weighted by Gasteiger charge is -2.08. The van der Waals surface area contributed by atoms with Gasteiger partial charge in [0, 0.05) is 11.6 Å². The van der Waals surface area contributed by atoms with E-state index in [9.17, 15) is 20.0 Å². The predicted molar refractivity (Wildman–Crippen MR) is 78.6 cm³/mol. The summed E-state index contributed by atoms with van der Waals surface area (Å²) in [6, 6.07) is 8.77. The number of phenolic OH excluding ortho intramolecular Hbond substituents is 1. The van der Waals surface area contributed by atoms with E-state index in [0.717, 1.165) is 17.2 Å². The number of nitrogens with zero attached hydrogens (tertiary/aromatic N) is 1. The zero-order valence-electron chi connectivity index (χ0n) is 11.6. The molecule has 0 unspecified atom stereocenters. The number of amides is 1. The molecule has 2 rings (SSSR count). The van der Waals surface area contributed by atoms with Gasteiger partial charge in [-0.3, -0.25) is 14.9 Å². The molecule has 2 N–H and O–H groups in total. The number of benzene rings is 2. The summed E-state index contributed by atoms with van der Waals surface area (Å²) in [6.45, 7) is 3.84. The second-order valence-electron chi connectivity index (χ2n) is 4.71. The van der Waals surface area contributed by atoms with Crippen molar-refractivity contribution in [2.24, 2.45) is 0 Å². The Hall–Kier alpha value is -2.89. The van der Waals surface area contributed by atoms with Crippen LogP contribution in [-0.2, 0) is 0 Å². The molecule has 0 saturated heterocycles. The molecule has 0 aliphatic carbocycles. The van der Waals surface area contributed by atoms with Crippen molar-refractivity contribution in [3.8, 4) is 5.75 Å². The summed E-state index contributed by atoms with van der Waals surface area (Å²) in [7, 11) is 0. The highest BCUT2D eigenvalue weighted by Gasteiger charge is 2.13. The Morgan fingerprint density at radius 1 is 1.14 bits per heavy atom. The quantitative estimate of drug-likeness (QED) is 0.515. The number of anilines is 1. The summed E-state index contributed by atoms with van der Waals surface area (Å²) in [4.78, 5) is 22.1. The van der Waals surface area contributed by atoms with E-state index in [4.69, 9.17) is 0 Å². The first-order chi connectivity index (χ1) is 9.88. The minimum atomic E-state index is -0.616. The molecule has 0 spiro atoms. The number of nitro benzene ring substituents is 1. The van der Waals surface area contributed by atoms with Crippen molar-refractivity contribution < 1.29 is 14.8 Å². The molecule has 0 aromatic heterocycles. The highest BCUT2D eigenvalue weighted by Crippen LogP contribution is 2.28. The van der Waals surface area contributed by atoms with E-state index in [1.807, 2.05) is 19.9 Å². The van der Waals surface area contributed by atoms with Gasteiger partial charge in [-0.15, -0.1) is 0 Å². The number of aromatic hydroxyl groups is 1. The Morgan fingerprint density at radius 2 is 1.86 bits per heavy atom. The maximum absolute atomic E-state index is 12.1. The zero-order valence-corrected chi connectivity index (χ0v) is 11.6. The molecule has 2 aromatic rings. The van der Waals surface area contributed by atoms with Crippen molar-refractivity contribution in [1.82, 2.24) is 0 Å². The van der Waals surface area contributed by atoms with E-state index < -0.39 is 4.92 Å². The summed E-state index contributed by atoms with van der Waals surface area (Å²) in [5, 5.41) is 22.8. The van der Waals surface area contributed by atoms with E-state index in [1.54, 1.807) is 12.1 Å². The summed E-state index contributed by atoms with van der Waals surface area (Å²) in [6.07, 6.45) is 0. The highest BCUT2D eigenvalue weighted by molar-refractivity contribution is 6.05. The average Bonchev–Trinajstić information content (AvgIpc) is 2.43. The molecular weight excluding hydrogens is 272 g/mol. The van der Waals surface area contributed by atoms with Gasteiger partial charge in [-0.05, 0) is 43.2 Å². The number of non-ortho nitro benzene ring substituents is 1. The molecule has 108 valence electrons. The molecular formula is C15H14N2O4. The van der Waals surface area contributed by atoms with Gasteiger partial charge in [-0.25, -0.2) is 0 Å². The van der Waals surface area contributed by atoms with E-state index in [0.29, 0.717) is 5.56 Å². The van der Waals surface area contributed by atoms with E-state index in [1.165, 1.54) is 12.1 Å². The molecule has 0 heterocycles. The van der Waals surface area contributed by atoms with E-state index >= 15 is 0 Å². The molecule has 0 radical (unpaired) electrons. The Kier molecular flexibility index (Phi) is 3.89. The van der Waals surface area contributed by atoms with Crippen LogP contribution in [0.3, 0.4) is 0 Å². The lowest BCUT2D eigenvalue weighted by molar-refractivity contribution is -0.384. The van der Waals surface area contributed by atoms with Crippen molar-refractivity contribution >= 4 is 17.3 Å². The normalized spacial score (nSPS) is 10.2. The Balaban J connectivity index is 2.23. The highest BCUT2D eigenvalue weighted by atomic mass is 16.6. The fourth-order valence-corrected chi connectivity index (χ4v) is 1.82. The number of aryl methyl sites for hydroxylation is 2. The maximum Gasteiger partial charge on any atom is 0.273 e. The molecule has 21 heavy (non-hydrogen) atoms. The number of hydrogen-bond acceptors (Lipinski definition) is 4. The number of carbonyl (C=O) groups is 1. The number of nitrogens with one attached hydrogen (secondary N) is 1. The molecule has 0 aliphatic heterocycles. The number of nitro groups is 1. The first kappa shape index (κ1) is 14.5. The molecule has 6 heteroatoms. The van der Waals surface area contributed by atoms with Gasteiger partial charge in [-0.2, -0.15) is 0 Å². The second kappa shape index (κ2) is 5.62. The van der Waals surface area contributed by atoms with Gasteiger partial charge >= 0.3 is 0 Å². The van der Waals surface area contributed by atoms with Crippen LogP contribution >= 0.6 is 0 Å². The number of carbonyl (C=O) groups excluding carboxylic acids is 1. The first-order valence-electron chi connectivity index (χ1n) is 6.24. The van der Waals surface area contributed by atoms with Crippen molar-refractivity contribution in [3.63, 3.8) is 0 Å². The third-order valence-corrected chi connectivity index (χ3v) is 3.21. The van der Waals surface area contributed by atoms with Gasteiger partial charge in [0.2, 0.25) is 0 Å². The van der Waals surface area contributed by atoms with Crippen LogP contribution in [0.15, 0.2) is 36.4 Å². The zero-order chi connectivity index (χ0) is 15.6. The van der Waals surface area contributed by atoms with Crippen molar-refractivity contribution in [2.45, 2.75) is 13.8 Å². The third kappa shape index (κ3) is 3.17. The maximum atomic E-state index is 12.1. The van der Waals surface area contributed by atoms with Crippen LogP contribution < -0.4 is 5.32 Å².